The van der Waals surface area contributed by atoms with Crippen LogP contribution in [0.3, 0.4) is 0 Å². The van der Waals surface area contributed by atoms with E-state index in [-0.39, 0.29) is 16.7 Å². The maximum absolute atomic E-state index is 12.4. The monoisotopic (exact) mass is 295 g/mol. The standard InChI is InChI=1S/C10H8BF4O3S/c1-3-8-4-10(18-19(15,16)17)5-9(7(8)2)6-11(12,13)14/h1,4-5H,6H2,2H3/q-1. The molecule has 1 aromatic rings. The van der Waals surface area contributed by atoms with Crippen LogP contribution in [0.25, 0.3) is 0 Å². The van der Waals surface area contributed by atoms with Crippen LogP contribution in [0.2, 0.25) is 0 Å². The molecule has 0 saturated heterocycles. The Balaban J connectivity index is 3.31. The third-order valence-electron chi connectivity index (χ3n) is 2.29. The minimum atomic E-state index is -5.32. The van der Waals surface area contributed by atoms with Crippen molar-refractivity contribution in [3.05, 3.63) is 28.8 Å². The van der Waals surface area contributed by atoms with E-state index >= 15 is 0 Å². The molecule has 1 aromatic carbocycles. The van der Waals surface area contributed by atoms with Crippen molar-refractivity contribution in [2.45, 2.75) is 13.2 Å². The third-order valence-corrected chi connectivity index (χ3v) is 2.68. The van der Waals surface area contributed by atoms with Crippen molar-refractivity contribution in [1.82, 2.24) is 0 Å². The fourth-order valence-electron chi connectivity index (χ4n) is 1.52. The Morgan fingerprint density at radius 1 is 1.37 bits per heavy atom. The normalized spacial score (nSPS) is 12.0. The van der Waals surface area contributed by atoms with Gasteiger partial charge >= 0.3 is 17.5 Å². The van der Waals surface area contributed by atoms with Crippen LogP contribution in [0.15, 0.2) is 12.1 Å². The van der Waals surface area contributed by atoms with Gasteiger partial charge in [0, 0.05) is 5.56 Å². The molecule has 3 nitrogen and oxygen atoms in total. The van der Waals surface area contributed by atoms with E-state index in [2.05, 4.69) is 10.1 Å². The van der Waals surface area contributed by atoms with Crippen LogP contribution in [-0.4, -0.2) is 15.4 Å². The van der Waals surface area contributed by atoms with Crippen molar-refractivity contribution in [1.29, 1.82) is 0 Å². The maximum atomic E-state index is 12.4. The van der Waals surface area contributed by atoms with Gasteiger partial charge in [0.05, 0.1) is 0 Å². The van der Waals surface area contributed by atoms with Gasteiger partial charge < -0.3 is 17.1 Å². The first kappa shape index (κ1) is 15.4. The van der Waals surface area contributed by atoms with Gasteiger partial charge in [-0.25, -0.2) is 0 Å². The van der Waals surface area contributed by atoms with Gasteiger partial charge in [0.2, 0.25) is 0 Å². The zero-order valence-corrected chi connectivity index (χ0v) is 10.5. The number of hydrogen-bond acceptors (Lipinski definition) is 3. The highest BCUT2D eigenvalue weighted by atomic mass is 32.3. The number of benzene rings is 1. The second kappa shape index (κ2) is 5.13. The molecular weight excluding hydrogens is 287 g/mol. The quantitative estimate of drug-likeness (QED) is 0.371. The van der Waals surface area contributed by atoms with E-state index in [1.165, 1.54) is 6.92 Å². The summed E-state index contributed by atoms with van der Waals surface area (Å²) < 4.78 is 74.1. The van der Waals surface area contributed by atoms with Crippen LogP contribution < -0.4 is 4.18 Å². The Morgan fingerprint density at radius 2 is 1.95 bits per heavy atom. The average Bonchev–Trinajstić information content (AvgIpc) is 2.18. The van der Waals surface area contributed by atoms with Crippen molar-refractivity contribution >= 4 is 17.5 Å². The highest BCUT2D eigenvalue weighted by Crippen LogP contribution is 2.27. The molecule has 0 bridgehead atoms. The first-order chi connectivity index (χ1) is 8.52. The lowest BCUT2D eigenvalue weighted by atomic mass is 9.79. The van der Waals surface area contributed by atoms with Gasteiger partial charge in [0.15, 0.2) is 0 Å². The minimum Gasteiger partial charge on any atom is -0.449 e. The Morgan fingerprint density at radius 3 is 2.37 bits per heavy atom. The molecule has 0 heterocycles. The fourth-order valence-corrected chi connectivity index (χ4v) is 1.85. The largest absolute Gasteiger partial charge is 0.488 e. The third kappa shape index (κ3) is 4.83. The summed E-state index contributed by atoms with van der Waals surface area (Å²) in [7, 11) is -5.32. The molecule has 1 rings (SSSR count). The van der Waals surface area contributed by atoms with Crippen molar-refractivity contribution < 1.29 is 29.4 Å². The van der Waals surface area contributed by atoms with Crippen LogP contribution in [0.4, 0.5) is 16.8 Å². The van der Waals surface area contributed by atoms with Gasteiger partial charge in [-0.2, -0.15) is 8.42 Å². The highest BCUT2D eigenvalue weighted by Gasteiger charge is 2.25. The van der Waals surface area contributed by atoms with Gasteiger partial charge in [-0.05, 0) is 24.6 Å². The van der Waals surface area contributed by atoms with Crippen LogP contribution in [-0.2, 0) is 16.8 Å². The van der Waals surface area contributed by atoms with E-state index in [0.717, 1.165) is 12.1 Å². The smallest absolute Gasteiger partial charge is 0.449 e. The molecule has 104 valence electrons. The number of terminal acetylenes is 1. The van der Waals surface area contributed by atoms with E-state index in [4.69, 9.17) is 6.42 Å². The van der Waals surface area contributed by atoms with Crippen molar-refractivity contribution in [3.63, 3.8) is 0 Å². The van der Waals surface area contributed by atoms with E-state index < -0.39 is 29.6 Å². The maximum Gasteiger partial charge on any atom is 0.488 e. The van der Waals surface area contributed by atoms with Crippen molar-refractivity contribution in [3.8, 4) is 18.1 Å². The van der Waals surface area contributed by atoms with E-state index in [1.807, 2.05) is 0 Å². The Kier molecular flexibility index (Phi) is 4.15. The summed E-state index contributed by atoms with van der Waals surface area (Å²) in [5.41, 5.74) is -0.0666. The van der Waals surface area contributed by atoms with E-state index in [9.17, 15) is 25.3 Å². The lowest BCUT2D eigenvalue weighted by Gasteiger charge is -2.17. The topological polar surface area (TPSA) is 43.4 Å². The summed E-state index contributed by atoms with van der Waals surface area (Å²) in [6, 6.07) is 1.79. The molecule has 0 spiro atoms. The molecule has 0 atom stereocenters. The van der Waals surface area contributed by atoms with E-state index in [0.29, 0.717) is 0 Å². The fraction of sp³-hybridized carbons (Fsp3) is 0.200. The lowest BCUT2D eigenvalue weighted by Crippen LogP contribution is -2.20. The zero-order chi connectivity index (χ0) is 14.8. The second-order valence-corrected chi connectivity index (χ2v) is 4.74. The molecule has 0 amide bonds. The summed E-state index contributed by atoms with van der Waals surface area (Å²) in [5.74, 6) is 1.50. The predicted molar refractivity (Wildman–Crippen MR) is 62.6 cm³/mol. The molecule has 0 radical (unpaired) electrons. The molecule has 0 aliphatic heterocycles. The van der Waals surface area contributed by atoms with E-state index in [1.54, 1.807) is 0 Å². The van der Waals surface area contributed by atoms with Gasteiger partial charge in [-0.15, -0.1) is 6.42 Å². The van der Waals surface area contributed by atoms with Crippen molar-refractivity contribution in [2.24, 2.45) is 0 Å². The molecule has 19 heavy (non-hydrogen) atoms. The summed E-state index contributed by atoms with van der Waals surface area (Å²) in [4.78, 5) is 0. The molecule has 0 aliphatic carbocycles. The van der Waals surface area contributed by atoms with Gasteiger partial charge in [0.25, 0.3) is 0 Å². The zero-order valence-electron chi connectivity index (χ0n) is 9.66. The Labute approximate surface area is 108 Å². The van der Waals surface area contributed by atoms with Gasteiger partial charge in [0.1, 0.15) is 5.75 Å². The molecule has 0 aromatic heterocycles. The number of hydrogen-bond donors (Lipinski definition) is 0. The van der Waals surface area contributed by atoms with Crippen LogP contribution in [0.1, 0.15) is 16.7 Å². The lowest BCUT2D eigenvalue weighted by molar-refractivity contribution is 0.440. The molecular formula is C10H8BF4O3S-. The average molecular weight is 295 g/mol. The van der Waals surface area contributed by atoms with Gasteiger partial charge in [-0.3, -0.25) is 0 Å². The van der Waals surface area contributed by atoms with Crippen LogP contribution >= 0.6 is 0 Å². The molecule has 0 aliphatic rings. The Hall–Kier alpha value is -1.69. The SMILES string of the molecule is C#Cc1cc(OS(=O)(=O)F)cc(C[B-](F)(F)F)c1C. The first-order valence-corrected chi connectivity index (χ1v) is 6.28. The second-order valence-electron chi connectivity index (χ2n) is 3.79. The molecule has 0 unspecified atom stereocenters. The van der Waals surface area contributed by atoms with Crippen molar-refractivity contribution in [2.75, 3.05) is 0 Å². The molecule has 9 heteroatoms. The highest BCUT2D eigenvalue weighted by molar-refractivity contribution is 7.81. The van der Waals surface area contributed by atoms with Crippen LogP contribution in [0.5, 0.6) is 5.75 Å². The molecule has 0 N–H and O–H groups in total. The first-order valence-electron chi connectivity index (χ1n) is 4.97. The molecule has 0 fully saturated rings. The number of halogens is 4. The molecule has 0 saturated carbocycles. The summed E-state index contributed by atoms with van der Waals surface area (Å²) >= 11 is 0. The summed E-state index contributed by atoms with van der Waals surface area (Å²) in [6.07, 6.45) is 3.83. The van der Waals surface area contributed by atoms with Gasteiger partial charge in [-0.1, -0.05) is 21.7 Å². The summed E-state index contributed by atoms with van der Waals surface area (Å²) in [6.45, 7) is -3.78. The summed E-state index contributed by atoms with van der Waals surface area (Å²) in [5, 5.41) is 0. The predicted octanol–water partition coefficient (Wildman–Crippen LogP) is 2.50. The number of rotatable bonds is 4. The Bertz CT molecular complexity index is 631. The van der Waals surface area contributed by atoms with Crippen LogP contribution in [0, 0.1) is 19.3 Å². The minimum absolute atomic E-state index is 0.0104.